The van der Waals surface area contributed by atoms with Gasteiger partial charge in [-0.25, -0.2) is 9.37 Å². The number of nitrogens with one attached hydrogen (secondary N) is 2. The van der Waals surface area contributed by atoms with E-state index in [1.807, 2.05) is 19.2 Å². The summed E-state index contributed by atoms with van der Waals surface area (Å²) in [6.07, 6.45) is 7.27. The van der Waals surface area contributed by atoms with Gasteiger partial charge in [0, 0.05) is 36.3 Å². The smallest absolute Gasteiger partial charge is 0.159 e. The Kier molecular flexibility index (Phi) is 5.42. The Morgan fingerprint density at radius 3 is 2.80 bits per heavy atom. The van der Waals surface area contributed by atoms with Gasteiger partial charge in [-0.3, -0.25) is 10.00 Å². The molecule has 2 aromatic heterocycles. The predicted octanol–water partition coefficient (Wildman–Crippen LogP) is 4.64. The molecule has 6 rings (SSSR count). The summed E-state index contributed by atoms with van der Waals surface area (Å²) in [5, 5.41) is 27.4. The Labute approximate surface area is 202 Å². The predicted molar refractivity (Wildman–Crippen MR) is 133 cm³/mol. The normalized spacial score (nSPS) is 20.7. The van der Waals surface area contributed by atoms with Crippen molar-refractivity contribution in [3.8, 4) is 28.4 Å². The van der Waals surface area contributed by atoms with Crippen molar-refractivity contribution in [3.63, 3.8) is 0 Å². The Bertz CT molecular complexity index is 1430. The van der Waals surface area contributed by atoms with Crippen LogP contribution >= 0.6 is 0 Å². The number of aliphatic hydroxyl groups is 1. The summed E-state index contributed by atoms with van der Waals surface area (Å²) in [6.45, 7) is 3.80. The Morgan fingerprint density at radius 1 is 1.17 bits per heavy atom. The number of aromatic nitrogens is 4. The van der Waals surface area contributed by atoms with Crippen LogP contribution in [0.25, 0.3) is 39.1 Å². The highest BCUT2D eigenvalue weighted by Crippen LogP contribution is 2.35. The van der Waals surface area contributed by atoms with Crippen molar-refractivity contribution in [2.45, 2.75) is 44.8 Å². The van der Waals surface area contributed by atoms with E-state index in [1.165, 1.54) is 0 Å². The van der Waals surface area contributed by atoms with Crippen molar-refractivity contribution in [1.29, 1.82) is 0 Å². The number of hydrogen-bond acceptors (Lipinski definition) is 5. The first-order valence-electron chi connectivity index (χ1n) is 12.2. The third-order valence-electron chi connectivity index (χ3n) is 7.35. The van der Waals surface area contributed by atoms with Crippen molar-refractivity contribution in [2.75, 3.05) is 13.1 Å². The molecular formula is C27H28FN5O2. The number of hydrogen-bond donors (Lipinski definition) is 4. The number of imidazole rings is 1. The first kappa shape index (κ1) is 22.0. The van der Waals surface area contributed by atoms with Gasteiger partial charge in [-0.1, -0.05) is 25.1 Å². The number of aromatic hydroxyl groups is 1. The average molecular weight is 474 g/mol. The zero-order valence-electron chi connectivity index (χ0n) is 19.6. The van der Waals surface area contributed by atoms with Crippen LogP contribution in [-0.2, 0) is 6.42 Å². The molecule has 0 radical (unpaired) electrons. The van der Waals surface area contributed by atoms with Crippen molar-refractivity contribution < 1.29 is 14.6 Å². The van der Waals surface area contributed by atoms with Crippen LogP contribution in [0.1, 0.15) is 37.4 Å². The van der Waals surface area contributed by atoms with Gasteiger partial charge in [-0.2, -0.15) is 5.10 Å². The maximum absolute atomic E-state index is 15.6. The number of aromatic amines is 2. The lowest BCUT2D eigenvalue weighted by atomic mass is 9.87. The monoisotopic (exact) mass is 473 g/mol. The van der Waals surface area contributed by atoms with E-state index in [9.17, 15) is 10.2 Å². The van der Waals surface area contributed by atoms with E-state index in [0.717, 1.165) is 54.7 Å². The molecule has 0 atom stereocenters. The van der Waals surface area contributed by atoms with E-state index in [-0.39, 0.29) is 17.7 Å². The Balaban J connectivity index is 1.30. The fourth-order valence-electron chi connectivity index (χ4n) is 5.31. The average Bonchev–Trinajstić information content (AvgIpc) is 3.50. The van der Waals surface area contributed by atoms with Crippen LogP contribution in [0, 0.1) is 5.82 Å². The third kappa shape index (κ3) is 3.83. The number of aliphatic hydroxyl groups excluding tert-OH is 1. The summed E-state index contributed by atoms with van der Waals surface area (Å²) >= 11 is 0. The molecule has 35 heavy (non-hydrogen) atoms. The minimum Gasteiger partial charge on any atom is -0.508 e. The number of phenols is 1. The first-order valence-corrected chi connectivity index (χ1v) is 12.2. The molecule has 8 heteroatoms. The second-order valence-corrected chi connectivity index (χ2v) is 9.52. The van der Waals surface area contributed by atoms with E-state index in [1.54, 1.807) is 24.3 Å². The molecule has 1 aliphatic carbocycles. The highest BCUT2D eigenvalue weighted by molar-refractivity contribution is 5.95. The van der Waals surface area contributed by atoms with Gasteiger partial charge in [0.2, 0.25) is 0 Å². The van der Waals surface area contributed by atoms with Crippen LogP contribution in [0.5, 0.6) is 5.75 Å². The van der Waals surface area contributed by atoms with Crippen LogP contribution in [0.15, 0.2) is 42.6 Å². The minimum absolute atomic E-state index is 0.164. The van der Waals surface area contributed by atoms with Gasteiger partial charge in [0.15, 0.2) is 11.6 Å². The molecule has 4 N–H and O–H groups in total. The first-order chi connectivity index (χ1) is 17.0. The van der Waals surface area contributed by atoms with Gasteiger partial charge < -0.3 is 15.2 Å². The molecule has 2 aromatic carbocycles. The molecule has 0 bridgehead atoms. The van der Waals surface area contributed by atoms with E-state index in [0.29, 0.717) is 40.4 Å². The molecule has 3 heterocycles. The van der Waals surface area contributed by atoms with Crippen LogP contribution in [0.3, 0.4) is 0 Å². The van der Waals surface area contributed by atoms with Gasteiger partial charge >= 0.3 is 0 Å². The number of aryl methyl sites for hydroxylation is 1. The lowest BCUT2D eigenvalue weighted by molar-refractivity contribution is 0.00655. The minimum atomic E-state index is -0.373. The van der Waals surface area contributed by atoms with E-state index < -0.39 is 0 Å². The van der Waals surface area contributed by atoms with Crippen LogP contribution in [-0.4, -0.2) is 60.5 Å². The van der Waals surface area contributed by atoms with Crippen LogP contribution in [0.2, 0.25) is 0 Å². The lowest BCUT2D eigenvalue weighted by Gasteiger charge is -2.42. The highest BCUT2D eigenvalue weighted by atomic mass is 19.1. The van der Waals surface area contributed by atoms with Gasteiger partial charge in [0.1, 0.15) is 17.0 Å². The molecule has 0 amide bonds. The lowest BCUT2D eigenvalue weighted by Crippen LogP contribution is -2.48. The molecule has 180 valence electrons. The van der Waals surface area contributed by atoms with E-state index >= 15 is 4.39 Å². The SMILES string of the molecule is CCc1cc(O)ccc1-c1ccc2c(-c3nc(C4=CCCN(C5CC(O)C5)C4)c[nH]3)n[nH]c2c1F. The van der Waals surface area contributed by atoms with Gasteiger partial charge in [0.05, 0.1) is 11.8 Å². The zero-order chi connectivity index (χ0) is 24.1. The maximum Gasteiger partial charge on any atom is 0.159 e. The zero-order valence-corrected chi connectivity index (χ0v) is 19.6. The quantitative estimate of drug-likeness (QED) is 0.338. The Morgan fingerprint density at radius 2 is 2.00 bits per heavy atom. The fourth-order valence-corrected chi connectivity index (χ4v) is 5.31. The molecule has 1 aliphatic heterocycles. The summed E-state index contributed by atoms with van der Waals surface area (Å²) in [5.41, 5.74) is 5.05. The molecule has 0 unspecified atom stereocenters. The second kappa shape index (κ2) is 8.62. The fraction of sp³-hybridized carbons (Fsp3) is 0.333. The summed E-state index contributed by atoms with van der Waals surface area (Å²) in [7, 11) is 0. The third-order valence-corrected chi connectivity index (χ3v) is 7.35. The second-order valence-electron chi connectivity index (χ2n) is 9.52. The van der Waals surface area contributed by atoms with Gasteiger partial charge in [-0.15, -0.1) is 0 Å². The Hall–Kier alpha value is -3.49. The largest absolute Gasteiger partial charge is 0.508 e. The van der Waals surface area contributed by atoms with Crippen molar-refractivity contribution in [1.82, 2.24) is 25.1 Å². The topological polar surface area (TPSA) is 101 Å². The number of rotatable bonds is 5. The molecule has 4 aromatic rings. The molecule has 1 fully saturated rings. The van der Waals surface area contributed by atoms with Crippen molar-refractivity contribution in [2.24, 2.45) is 0 Å². The van der Waals surface area contributed by atoms with Crippen molar-refractivity contribution >= 4 is 16.5 Å². The summed E-state index contributed by atoms with van der Waals surface area (Å²) in [6, 6.07) is 9.08. The standard InChI is InChI=1S/C27H28FN5O2/c1-2-15-10-18(34)5-6-20(15)21-7-8-22-25(24(21)28)31-32-26(22)27-29-13-23(30-27)16-4-3-9-33(14-16)17-11-19(35)12-17/h4-8,10,13,17,19,34-35H,2-3,9,11-12,14H2,1H3,(H,29,30)(H,31,32). The van der Waals surface area contributed by atoms with E-state index in [4.69, 9.17) is 4.98 Å². The maximum atomic E-state index is 15.6. The number of benzene rings is 2. The number of halogens is 1. The van der Waals surface area contributed by atoms with Crippen LogP contribution in [0.4, 0.5) is 4.39 Å². The van der Waals surface area contributed by atoms with Gasteiger partial charge in [-0.05, 0) is 60.6 Å². The number of nitrogens with zero attached hydrogens (tertiary/aromatic N) is 3. The number of H-pyrrole nitrogens is 2. The summed E-state index contributed by atoms with van der Waals surface area (Å²) < 4.78 is 15.6. The number of phenolic OH excluding ortho intramolecular Hbond substituents is 1. The summed E-state index contributed by atoms with van der Waals surface area (Å²) in [4.78, 5) is 10.4. The number of fused-ring (bicyclic) bond motifs is 1. The van der Waals surface area contributed by atoms with Gasteiger partial charge in [0.25, 0.3) is 0 Å². The highest BCUT2D eigenvalue weighted by Gasteiger charge is 2.33. The van der Waals surface area contributed by atoms with Crippen LogP contribution < -0.4 is 0 Å². The molecule has 2 aliphatic rings. The molecule has 0 saturated heterocycles. The molecule has 7 nitrogen and oxygen atoms in total. The molecular weight excluding hydrogens is 445 g/mol. The molecule has 0 spiro atoms. The van der Waals surface area contributed by atoms with Crippen molar-refractivity contribution in [3.05, 3.63) is 59.7 Å². The van der Waals surface area contributed by atoms with E-state index in [2.05, 4.69) is 26.2 Å². The molecule has 1 saturated carbocycles. The summed E-state index contributed by atoms with van der Waals surface area (Å²) in [5.74, 6) is 0.391.